The summed E-state index contributed by atoms with van der Waals surface area (Å²) in [6.45, 7) is 4.52. The van der Waals surface area contributed by atoms with E-state index in [2.05, 4.69) is 33.7 Å². The van der Waals surface area contributed by atoms with Crippen molar-refractivity contribution in [1.29, 1.82) is 0 Å². The summed E-state index contributed by atoms with van der Waals surface area (Å²) in [6.07, 6.45) is 11.6. The summed E-state index contributed by atoms with van der Waals surface area (Å²) >= 11 is 0. The number of fused-ring (bicyclic) bond motifs is 1. The van der Waals surface area contributed by atoms with Crippen LogP contribution in [0.25, 0.3) is 22.3 Å². The molecule has 1 amide bonds. The number of nitrogens with one attached hydrogen (secondary N) is 1. The highest BCUT2D eigenvalue weighted by molar-refractivity contribution is 6.00. The van der Waals surface area contributed by atoms with E-state index >= 15 is 8.78 Å². The van der Waals surface area contributed by atoms with Gasteiger partial charge in [0, 0.05) is 48.4 Å². The lowest BCUT2D eigenvalue weighted by atomic mass is 9.48. The molecule has 4 bridgehead atoms. The fourth-order valence-electron chi connectivity index (χ4n) is 10.8. The lowest BCUT2D eigenvalue weighted by Gasteiger charge is -2.59. The van der Waals surface area contributed by atoms with Crippen molar-refractivity contribution in [3.05, 3.63) is 41.9 Å². The zero-order chi connectivity index (χ0) is 37.4. The van der Waals surface area contributed by atoms with E-state index in [-0.39, 0.29) is 48.9 Å². The summed E-state index contributed by atoms with van der Waals surface area (Å²) in [5.41, 5.74) is -1.30. The molecule has 6 fully saturated rings. The number of hydrogen-bond acceptors (Lipinski definition) is 6. The molecule has 2 N–H and O–H groups in total. The number of rotatable bonds is 11. The van der Waals surface area contributed by atoms with E-state index in [1.54, 1.807) is 0 Å². The van der Waals surface area contributed by atoms with Gasteiger partial charge >= 0.3 is 5.97 Å². The van der Waals surface area contributed by atoms with Crippen LogP contribution in [0, 0.1) is 23.7 Å². The Morgan fingerprint density at radius 1 is 1.02 bits per heavy atom. The van der Waals surface area contributed by atoms with Crippen LogP contribution < -0.4 is 10.1 Å². The topological polar surface area (TPSA) is 110 Å². The van der Waals surface area contributed by atoms with Crippen LogP contribution >= 0.6 is 0 Å². The zero-order valence-corrected chi connectivity index (χ0v) is 30.6. The fourth-order valence-corrected chi connectivity index (χ4v) is 10.8. The molecule has 1 saturated heterocycles. The second-order valence-corrected chi connectivity index (χ2v) is 16.7. The van der Waals surface area contributed by atoms with E-state index in [9.17, 15) is 23.5 Å². The number of halogens is 4. The molecule has 1 aromatic carbocycles. The standard InChI is InChI=1S/C40H49F4N5O4/c1-4-26(5-2)49-19-32(30-11-10-29(17-33(30)49)53-28-8-6-27(7-9-28)48-20-39(43,44)21-48)35-45-18-31(34(46-35)38(3,41)42)36(50)47-40(37(51)52)24-13-22-12-23(15-24)16-25(40)14-22/h10-11,17-19,22-28H,4-9,12-16,20-21H2,1-3H3,(H,47,50)(H,51,52). The monoisotopic (exact) mass is 739 g/mol. The first-order chi connectivity index (χ1) is 25.2. The summed E-state index contributed by atoms with van der Waals surface area (Å²) in [6, 6.07) is 5.92. The highest BCUT2D eigenvalue weighted by Crippen LogP contribution is 2.58. The Morgan fingerprint density at radius 2 is 1.66 bits per heavy atom. The van der Waals surface area contributed by atoms with E-state index in [0.717, 1.165) is 62.0 Å². The van der Waals surface area contributed by atoms with Gasteiger partial charge in [0.2, 0.25) is 0 Å². The Morgan fingerprint density at radius 3 is 2.23 bits per heavy atom. The van der Waals surface area contributed by atoms with E-state index in [1.807, 2.05) is 29.3 Å². The zero-order valence-electron chi connectivity index (χ0n) is 30.6. The summed E-state index contributed by atoms with van der Waals surface area (Å²) < 4.78 is 66.2. The number of amides is 1. The van der Waals surface area contributed by atoms with Crippen molar-refractivity contribution in [3.8, 4) is 17.1 Å². The van der Waals surface area contributed by atoms with Gasteiger partial charge in [-0.25, -0.2) is 23.5 Å². The molecule has 2 aromatic heterocycles. The molecule has 0 spiro atoms. The van der Waals surface area contributed by atoms with Gasteiger partial charge in [0.05, 0.1) is 30.3 Å². The van der Waals surface area contributed by atoms with Gasteiger partial charge in [-0.05, 0) is 106 Å². The van der Waals surface area contributed by atoms with Crippen LogP contribution in [-0.4, -0.2) is 73.1 Å². The molecule has 5 saturated carbocycles. The second-order valence-electron chi connectivity index (χ2n) is 16.7. The summed E-state index contributed by atoms with van der Waals surface area (Å²) in [4.78, 5) is 37.5. The number of hydrogen-bond donors (Lipinski definition) is 2. The van der Waals surface area contributed by atoms with Crippen molar-refractivity contribution in [2.24, 2.45) is 23.7 Å². The predicted molar refractivity (Wildman–Crippen MR) is 190 cm³/mol. The van der Waals surface area contributed by atoms with Crippen molar-refractivity contribution in [2.45, 2.75) is 127 Å². The highest BCUT2D eigenvalue weighted by atomic mass is 19.3. The number of carbonyl (C=O) groups is 2. The van der Waals surface area contributed by atoms with Crippen LogP contribution in [0.3, 0.4) is 0 Å². The van der Waals surface area contributed by atoms with Crippen LogP contribution in [0.5, 0.6) is 5.75 Å². The Balaban J connectivity index is 1.08. The minimum atomic E-state index is -3.52. The van der Waals surface area contributed by atoms with Gasteiger partial charge < -0.3 is 19.7 Å². The summed E-state index contributed by atoms with van der Waals surface area (Å²) in [7, 11) is 0. The van der Waals surface area contributed by atoms with Gasteiger partial charge in [-0.1, -0.05) is 13.8 Å². The van der Waals surface area contributed by atoms with Gasteiger partial charge in [0.25, 0.3) is 17.8 Å². The average molecular weight is 740 g/mol. The molecule has 5 aliphatic carbocycles. The molecule has 6 aliphatic rings. The third-order valence-electron chi connectivity index (χ3n) is 13.3. The molecule has 13 heteroatoms. The summed E-state index contributed by atoms with van der Waals surface area (Å²) in [5, 5.41) is 14.1. The maximum absolute atomic E-state index is 15.4. The molecule has 53 heavy (non-hydrogen) atoms. The van der Waals surface area contributed by atoms with Crippen LogP contribution in [-0.2, 0) is 10.7 Å². The minimum absolute atomic E-state index is 0.0407. The summed E-state index contributed by atoms with van der Waals surface area (Å²) in [5.74, 6) is -6.98. The normalized spacial score (nSPS) is 30.8. The van der Waals surface area contributed by atoms with Crippen LogP contribution in [0.15, 0.2) is 30.6 Å². The third-order valence-corrected chi connectivity index (χ3v) is 13.3. The molecule has 9 rings (SSSR count). The van der Waals surface area contributed by atoms with E-state index < -0.39 is 40.5 Å². The average Bonchev–Trinajstić information content (AvgIpc) is 3.47. The van der Waals surface area contributed by atoms with E-state index in [1.165, 1.54) is 0 Å². The van der Waals surface area contributed by atoms with Gasteiger partial charge in [-0.3, -0.25) is 9.69 Å². The molecule has 3 heterocycles. The number of benzene rings is 1. The largest absolute Gasteiger partial charge is 0.490 e. The lowest BCUT2D eigenvalue weighted by molar-refractivity contribution is -0.163. The Hall–Kier alpha value is -3.74. The number of likely N-dealkylation sites (tertiary alicyclic amines) is 1. The molecule has 0 atom stereocenters. The first kappa shape index (κ1) is 36.2. The number of aliphatic carboxylic acids is 1. The molecule has 3 aromatic rings. The SMILES string of the molecule is CCC(CC)n1cc(-c2ncc(C(=O)NC3(C(=O)O)C4CC5CC(C4)CC3C5)c(C(C)(F)F)n2)c2ccc(OC3CCC(N4CC(F)(F)C4)CC3)cc21. The second kappa shape index (κ2) is 13.2. The quantitative estimate of drug-likeness (QED) is 0.191. The maximum Gasteiger partial charge on any atom is 0.330 e. The van der Waals surface area contributed by atoms with E-state index in [4.69, 9.17) is 4.74 Å². The molecule has 1 aliphatic heterocycles. The van der Waals surface area contributed by atoms with Gasteiger partial charge in [-0.15, -0.1) is 0 Å². The van der Waals surface area contributed by atoms with Crippen LogP contribution in [0.1, 0.15) is 113 Å². The van der Waals surface area contributed by atoms with Crippen molar-refractivity contribution in [2.75, 3.05) is 13.1 Å². The number of carboxylic acid groups (broad SMARTS) is 1. The van der Waals surface area contributed by atoms with Crippen LogP contribution in [0.2, 0.25) is 0 Å². The fraction of sp³-hybridized carbons (Fsp3) is 0.650. The van der Waals surface area contributed by atoms with E-state index in [0.29, 0.717) is 55.8 Å². The number of carbonyl (C=O) groups excluding carboxylic acids is 1. The number of nitrogens with zero attached hydrogens (tertiary/aromatic N) is 4. The van der Waals surface area contributed by atoms with Gasteiger partial charge in [0.1, 0.15) is 17.0 Å². The Kier molecular flexibility index (Phi) is 9.05. The lowest BCUT2D eigenvalue weighted by Crippen LogP contribution is -2.70. The Bertz CT molecular complexity index is 1860. The first-order valence-electron chi connectivity index (χ1n) is 19.4. The van der Waals surface area contributed by atoms with Crippen LogP contribution in [0.4, 0.5) is 17.6 Å². The number of ether oxygens (including phenoxy) is 1. The smallest absolute Gasteiger partial charge is 0.330 e. The number of alkyl halides is 4. The predicted octanol–water partition coefficient (Wildman–Crippen LogP) is 8.22. The van der Waals surface area contributed by atoms with Crippen molar-refractivity contribution in [1.82, 2.24) is 24.8 Å². The van der Waals surface area contributed by atoms with Gasteiger partial charge in [-0.2, -0.15) is 8.78 Å². The molecular formula is C40H49F4N5O4. The number of carboxylic acids is 1. The first-order valence-corrected chi connectivity index (χ1v) is 19.4. The van der Waals surface area contributed by atoms with Gasteiger partial charge in [0.15, 0.2) is 5.82 Å². The van der Waals surface area contributed by atoms with Crippen molar-refractivity contribution >= 4 is 22.8 Å². The molecular weight excluding hydrogens is 690 g/mol. The molecule has 0 unspecified atom stereocenters. The molecule has 0 radical (unpaired) electrons. The molecule has 286 valence electrons. The highest BCUT2D eigenvalue weighted by Gasteiger charge is 2.62. The van der Waals surface area contributed by atoms with Crippen molar-refractivity contribution < 1.29 is 37.0 Å². The minimum Gasteiger partial charge on any atom is -0.490 e. The van der Waals surface area contributed by atoms with Crippen molar-refractivity contribution in [3.63, 3.8) is 0 Å². The maximum atomic E-state index is 15.4. The molecule has 9 nitrogen and oxygen atoms in total. The number of aromatic nitrogens is 3. The third kappa shape index (κ3) is 6.38. The Labute approximate surface area is 306 Å².